The van der Waals surface area contributed by atoms with Gasteiger partial charge in [-0.3, -0.25) is 4.90 Å². The molecule has 106 valence electrons. The molecule has 0 spiro atoms. The van der Waals surface area contributed by atoms with Crippen molar-refractivity contribution in [2.24, 2.45) is 5.73 Å². The Kier molecular flexibility index (Phi) is 5.45. The first-order valence-corrected chi connectivity index (χ1v) is 7.06. The minimum atomic E-state index is 0.128. The monoisotopic (exact) mass is 284 g/mol. The number of benzene rings is 1. The average Bonchev–Trinajstić information content (AvgIpc) is 2.42. The molecule has 1 aliphatic heterocycles. The van der Waals surface area contributed by atoms with Crippen LogP contribution in [0, 0.1) is 0 Å². The first-order chi connectivity index (χ1) is 9.22. The molecule has 1 aliphatic rings. The molecule has 1 heterocycles. The van der Waals surface area contributed by atoms with Crippen molar-refractivity contribution < 1.29 is 9.47 Å². The summed E-state index contributed by atoms with van der Waals surface area (Å²) in [4.78, 5) is 2.33. The summed E-state index contributed by atoms with van der Waals surface area (Å²) < 4.78 is 11.2. The Labute approximate surface area is 119 Å². The molecule has 4 nitrogen and oxygen atoms in total. The Morgan fingerprint density at radius 2 is 2.37 bits per heavy atom. The summed E-state index contributed by atoms with van der Waals surface area (Å²) in [6.07, 6.45) is 0.128. The van der Waals surface area contributed by atoms with Crippen molar-refractivity contribution in [3.8, 4) is 5.75 Å². The number of hydrogen-bond acceptors (Lipinski definition) is 4. The zero-order valence-corrected chi connectivity index (χ0v) is 12.0. The van der Waals surface area contributed by atoms with Crippen LogP contribution in [0.2, 0.25) is 5.02 Å². The number of halogens is 1. The van der Waals surface area contributed by atoms with E-state index in [1.165, 1.54) is 0 Å². The van der Waals surface area contributed by atoms with Crippen molar-refractivity contribution in [3.05, 3.63) is 28.8 Å². The van der Waals surface area contributed by atoms with Crippen molar-refractivity contribution in [2.75, 3.05) is 32.8 Å². The summed E-state index contributed by atoms with van der Waals surface area (Å²) in [5, 5.41) is 0.738. The lowest BCUT2D eigenvalue weighted by Gasteiger charge is -2.32. The molecule has 19 heavy (non-hydrogen) atoms. The molecule has 2 N–H and O–H groups in total. The maximum absolute atomic E-state index is 6.07. The van der Waals surface area contributed by atoms with Gasteiger partial charge in [0, 0.05) is 36.8 Å². The van der Waals surface area contributed by atoms with Crippen LogP contribution in [0.1, 0.15) is 12.5 Å². The smallest absolute Gasteiger partial charge is 0.123 e. The standard InChI is InChI=1S/C14H21ClN2O2/c1-2-18-14-4-3-12(15)7-11(14)9-17-5-6-19-13(8-16)10-17/h3-4,7,13H,2,5-6,8-10,16H2,1H3/t13-/m1/s1. The van der Waals surface area contributed by atoms with Crippen LogP contribution in [0.5, 0.6) is 5.75 Å². The number of hydrogen-bond donors (Lipinski definition) is 1. The molecule has 1 aromatic rings. The third-order valence-electron chi connectivity index (χ3n) is 3.20. The molecule has 0 unspecified atom stereocenters. The van der Waals surface area contributed by atoms with Gasteiger partial charge in [0.25, 0.3) is 0 Å². The normalized spacial score (nSPS) is 20.5. The van der Waals surface area contributed by atoms with Crippen LogP contribution in [0.25, 0.3) is 0 Å². The van der Waals surface area contributed by atoms with Crippen molar-refractivity contribution in [1.29, 1.82) is 0 Å². The molecule has 0 bridgehead atoms. The zero-order valence-electron chi connectivity index (χ0n) is 11.3. The van der Waals surface area contributed by atoms with E-state index in [0.717, 1.165) is 42.6 Å². The van der Waals surface area contributed by atoms with Gasteiger partial charge in [0.05, 0.1) is 19.3 Å². The molecular formula is C14H21ClN2O2. The molecule has 0 aliphatic carbocycles. The Bertz CT molecular complexity index is 414. The van der Waals surface area contributed by atoms with Gasteiger partial charge in [0.1, 0.15) is 5.75 Å². The molecule has 2 rings (SSSR count). The Morgan fingerprint density at radius 1 is 1.53 bits per heavy atom. The highest BCUT2D eigenvalue weighted by molar-refractivity contribution is 6.30. The fourth-order valence-electron chi connectivity index (χ4n) is 2.28. The zero-order chi connectivity index (χ0) is 13.7. The molecule has 1 fully saturated rings. The van der Waals surface area contributed by atoms with Crippen LogP contribution >= 0.6 is 11.6 Å². The van der Waals surface area contributed by atoms with Gasteiger partial charge in [0.15, 0.2) is 0 Å². The molecule has 1 aromatic carbocycles. The highest BCUT2D eigenvalue weighted by atomic mass is 35.5. The van der Waals surface area contributed by atoms with E-state index in [9.17, 15) is 0 Å². The highest BCUT2D eigenvalue weighted by Gasteiger charge is 2.20. The van der Waals surface area contributed by atoms with E-state index in [0.29, 0.717) is 13.2 Å². The van der Waals surface area contributed by atoms with Crippen LogP contribution in [-0.4, -0.2) is 43.9 Å². The van der Waals surface area contributed by atoms with Crippen LogP contribution in [-0.2, 0) is 11.3 Å². The number of rotatable bonds is 5. The lowest BCUT2D eigenvalue weighted by molar-refractivity contribution is -0.0262. The Morgan fingerprint density at radius 3 is 3.11 bits per heavy atom. The quantitative estimate of drug-likeness (QED) is 0.897. The second kappa shape index (κ2) is 7.10. The maximum atomic E-state index is 6.07. The molecule has 1 atom stereocenters. The van der Waals surface area contributed by atoms with Gasteiger partial charge in [0.2, 0.25) is 0 Å². The van der Waals surface area contributed by atoms with E-state index in [-0.39, 0.29) is 6.10 Å². The predicted octanol–water partition coefficient (Wildman–Crippen LogP) is 1.90. The number of morpholine rings is 1. The molecule has 0 aromatic heterocycles. The van der Waals surface area contributed by atoms with E-state index in [1.807, 2.05) is 25.1 Å². The van der Waals surface area contributed by atoms with E-state index in [2.05, 4.69) is 4.90 Å². The predicted molar refractivity (Wildman–Crippen MR) is 76.7 cm³/mol. The summed E-state index contributed by atoms with van der Waals surface area (Å²) in [5.74, 6) is 0.905. The van der Waals surface area contributed by atoms with Crippen molar-refractivity contribution in [3.63, 3.8) is 0 Å². The molecule has 0 saturated carbocycles. The average molecular weight is 285 g/mol. The topological polar surface area (TPSA) is 47.7 Å². The van der Waals surface area contributed by atoms with Crippen molar-refractivity contribution in [2.45, 2.75) is 19.6 Å². The van der Waals surface area contributed by atoms with E-state index < -0.39 is 0 Å². The summed E-state index contributed by atoms with van der Waals surface area (Å²) in [5.41, 5.74) is 6.78. The lowest BCUT2D eigenvalue weighted by Crippen LogP contribution is -2.45. The summed E-state index contributed by atoms with van der Waals surface area (Å²) >= 11 is 6.07. The van der Waals surface area contributed by atoms with Gasteiger partial charge < -0.3 is 15.2 Å². The molecular weight excluding hydrogens is 264 g/mol. The maximum Gasteiger partial charge on any atom is 0.123 e. The van der Waals surface area contributed by atoms with Gasteiger partial charge >= 0.3 is 0 Å². The first-order valence-electron chi connectivity index (χ1n) is 6.68. The van der Waals surface area contributed by atoms with Gasteiger partial charge in [-0.15, -0.1) is 0 Å². The fraction of sp³-hybridized carbons (Fsp3) is 0.571. The number of nitrogens with zero attached hydrogens (tertiary/aromatic N) is 1. The van der Waals surface area contributed by atoms with Crippen molar-refractivity contribution in [1.82, 2.24) is 4.90 Å². The summed E-state index contributed by atoms with van der Waals surface area (Å²) in [6, 6.07) is 5.76. The highest BCUT2D eigenvalue weighted by Crippen LogP contribution is 2.25. The molecule has 1 saturated heterocycles. The minimum Gasteiger partial charge on any atom is -0.494 e. The van der Waals surface area contributed by atoms with E-state index >= 15 is 0 Å². The SMILES string of the molecule is CCOc1ccc(Cl)cc1CN1CCO[C@H](CN)C1. The first kappa shape index (κ1) is 14.6. The second-order valence-corrected chi connectivity index (χ2v) is 5.09. The van der Waals surface area contributed by atoms with Crippen LogP contribution < -0.4 is 10.5 Å². The van der Waals surface area contributed by atoms with Gasteiger partial charge in [-0.1, -0.05) is 11.6 Å². The van der Waals surface area contributed by atoms with Gasteiger partial charge in [-0.05, 0) is 25.1 Å². The van der Waals surface area contributed by atoms with Gasteiger partial charge in [-0.25, -0.2) is 0 Å². The van der Waals surface area contributed by atoms with E-state index in [4.69, 9.17) is 26.8 Å². The number of ether oxygens (including phenoxy) is 2. The van der Waals surface area contributed by atoms with Crippen LogP contribution in [0.3, 0.4) is 0 Å². The molecule has 0 radical (unpaired) electrons. The van der Waals surface area contributed by atoms with Crippen LogP contribution in [0.4, 0.5) is 0 Å². The minimum absolute atomic E-state index is 0.128. The largest absolute Gasteiger partial charge is 0.494 e. The van der Waals surface area contributed by atoms with E-state index in [1.54, 1.807) is 0 Å². The summed E-state index contributed by atoms with van der Waals surface area (Å²) in [6.45, 7) is 6.51. The lowest BCUT2D eigenvalue weighted by atomic mass is 10.1. The third-order valence-corrected chi connectivity index (χ3v) is 3.44. The molecule has 0 amide bonds. The molecule has 5 heteroatoms. The third kappa shape index (κ3) is 4.08. The van der Waals surface area contributed by atoms with Crippen LogP contribution in [0.15, 0.2) is 18.2 Å². The second-order valence-electron chi connectivity index (χ2n) is 4.65. The Hall–Kier alpha value is -0.810. The van der Waals surface area contributed by atoms with Crippen molar-refractivity contribution >= 4 is 11.6 Å². The fourth-order valence-corrected chi connectivity index (χ4v) is 2.47. The number of nitrogens with two attached hydrogens (primary N) is 1. The Balaban J connectivity index is 2.06. The summed E-state index contributed by atoms with van der Waals surface area (Å²) in [7, 11) is 0. The van der Waals surface area contributed by atoms with Gasteiger partial charge in [-0.2, -0.15) is 0 Å².